The van der Waals surface area contributed by atoms with E-state index >= 15 is 0 Å². The maximum Gasteiger partial charge on any atom is 0.214 e. The van der Waals surface area contributed by atoms with Gasteiger partial charge in [0.2, 0.25) is 5.16 Å². The predicted octanol–water partition coefficient (Wildman–Crippen LogP) is 3.36. The number of para-hydroxylation sites is 1. The summed E-state index contributed by atoms with van der Waals surface area (Å²) < 4.78 is 12.6. The van der Waals surface area contributed by atoms with Gasteiger partial charge in [-0.1, -0.05) is 30.0 Å². The van der Waals surface area contributed by atoms with Gasteiger partial charge in [-0.05, 0) is 47.7 Å². The van der Waals surface area contributed by atoms with Crippen molar-refractivity contribution in [2.24, 2.45) is 0 Å². The molecule has 0 radical (unpaired) electrons. The third-order valence-electron chi connectivity index (χ3n) is 3.39. The molecule has 0 N–H and O–H groups in total. The fourth-order valence-corrected chi connectivity index (χ4v) is 3.10. The molecule has 24 heavy (non-hydrogen) atoms. The molecular weight excluding hydrogens is 324 g/mol. The molecule has 6 nitrogen and oxygen atoms in total. The molecular formula is C17H18N4O2S. The number of aromatic nitrogens is 4. The molecule has 0 aliphatic rings. The Morgan fingerprint density at radius 3 is 2.62 bits per heavy atom. The average molecular weight is 342 g/mol. The summed E-state index contributed by atoms with van der Waals surface area (Å²) in [7, 11) is 1.64. The summed E-state index contributed by atoms with van der Waals surface area (Å²) in [6.45, 7) is 2.62. The van der Waals surface area contributed by atoms with Crippen LogP contribution in [0.5, 0.6) is 11.5 Å². The summed E-state index contributed by atoms with van der Waals surface area (Å²) in [6.07, 6.45) is 0. The minimum absolute atomic E-state index is 0.644. The Morgan fingerprint density at radius 2 is 1.88 bits per heavy atom. The monoisotopic (exact) mass is 342 g/mol. The summed E-state index contributed by atoms with van der Waals surface area (Å²) in [5, 5.41) is 12.7. The third-order valence-corrected chi connectivity index (χ3v) is 4.36. The van der Waals surface area contributed by atoms with Crippen molar-refractivity contribution in [1.82, 2.24) is 20.2 Å². The van der Waals surface area contributed by atoms with E-state index in [0.717, 1.165) is 33.7 Å². The molecule has 0 aliphatic heterocycles. The highest BCUT2D eigenvalue weighted by molar-refractivity contribution is 7.98. The van der Waals surface area contributed by atoms with Crippen LogP contribution in [0.4, 0.5) is 0 Å². The van der Waals surface area contributed by atoms with Crippen molar-refractivity contribution in [3.8, 4) is 17.2 Å². The lowest BCUT2D eigenvalue weighted by Gasteiger charge is -2.09. The highest BCUT2D eigenvalue weighted by Crippen LogP contribution is 2.28. The van der Waals surface area contributed by atoms with Crippen LogP contribution in [0.15, 0.2) is 53.7 Å². The Hall–Kier alpha value is -2.54. The highest BCUT2D eigenvalue weighted by Gasteiger charge is 2.11. The number of benzene rings is 2. The van der Waals surface area contributed by atoms with Crippen LogP contribution in [0.2, 0.25) is 0 Å². The van der Waals surface area contributed by atoms with E-state index in [4.69, 9.17) is 9.47 Å². The number of hydrogen-bond acceptors (Lipinski definition) is 6. The molecule has 0 spiro atoms. The third kappa shape index (κ3) is 3.68. The molecule has 0 unspecified atom stereocenters. The van der Waals surface area contributed by atoms with Crippen molar-refractivity contribution in [2.75, 3.05) is 13.7 Å². The zero-order valence-electron chi connectivity index (χ0n) is 13.5. The van der Waals surface area contributed by atoms with Crippen molar-refractivity contribution in [3.63, 3.8) is 0 Å². The molecule has 0 saturated heterocycles. The van der Waals surface area contributed by atoms with E-state index in [2.05, 4.69) is 21.6 Å². The lowest BCUT2D eigenvalue weighted by molar-refractivity contribution is 0.337. The van der Waals surface area contributed by atoms with Gasteiger partial charge in [-0.2, -0.15) is 4.68 Å². The largest absolute Gasteiger partial charge is 0.497 e. The fraction of sp³-hybridized carbons (Fsp3) is 0.235. The van der Waals surface area contributed by atoms with E-state index in [1.54, 1.807) is 23.6 Å². The van der Waals surface area contributed by atoms with Crippen LogP contribution in [-0.2, 0) is 5.75 Å². The van der Waals surface area contributed by atoms with Crippen LogP contribution >= 0.6 is 11.8 Å². The highest BCUT2D eigenvalue weighted by atomic mass is 32.2. The Morgan fingerprint density at radius 1 is 1.08 bits per heavy atom. The lowest BCUT2D eigenvalue weighted by atomic mass is 10.2. The van der Waals surface area contributed by atoms with Gasteiger partial charge < -0.3 is 9.47 Å². The van der Waals surface area contributed by atoms with E-state index in [0.29, 0.717) is 6.61 Å². The van der Waals surface area contributed by atoms with E-state index in [9.17, 15) is 0 Å². The van der Waals surface area contributed by atoms with Crippen molar-refractivity contribution >= 4 is 11.8 Å². The number of rotatable bonds is 7. The van der Waals surface area contributed by atoms with Crippen molar-refractivity contribution in [1.29, 1.82) is 0 Å². The molecule has 0 atom stereocenters. The molecule has 0 bridgehead atoms. The molecule has 0 amide bonds. The van der Waals surface area contributed by atoms with Crippen LogP contribution in [-0.4, -0.2) is 33.9 Å². The Labute approximate surface area is 144 Å². The van der Waals surface area contributed by atoms with E-state index in [1.165, 1.54) is 0 Å². The first-order valence-electron chi connectivity index (χ1n) is 7.58. The SMILES string of the molecule is CCOc1ccccc1CSc1nnnn1-c1ccc(OC)cc1. The van der Waals surface area contributed by atoms with Crippen molar-refractivity contribution < 1.29 is 9.47 Å². The number of ether oxygens (including phenoxy) is 2. The number of methoxy groups -OCH3 is 1. The quantitative estimate of drug-likeness (QED) is 0.614. The van der Waals surface area contributed by atoms with Gasteiger partial charge in [-0.15, -0.1) is 5.10 Å². The average Bonchev–Trinajstić information content (AvgIpc) is 3.10. The molecule has 0 fully saturated rings. The van der Waals surface area contributed by atoms with Crippen molar-refractivity contribution in [2.45, 2.75) is 17.8 Å². The molecule has 1 aromatic heterocycles. The first kappa shape index (κ1) is 16.3. The molecule has 0 saturated carbocycles. The maximum atomic E-state index is 5.66. The molecule has 3 rings (SSSR count). The molecule has 3 aromatic rings. The second kappa shape index (κ2) is 7.83. The van der Waals surface area contributed by atoms with Crippen LogP contribution < -0.4 is 9.47 Å². The molecule has 7 heteroatoms. The van der Waals surface area contributed by atoms with Gasteiger partial charge in [0.15, 0.2) is 0 Å². The fourth-order valence-electron chi connectivity index (χ4n) is 2.22. The molecule has 2 aromatic carbocycles. The number of hydrogen-bond donors (Lipinski definition) is 0. The first-order chi connectivity index (χ1) is 11.8. The van der Waals surface area contributed by atoms with E-state index in [1.807, 2.05) is 49.4 Å². The van der Waals surface area contributed by atoms with E-state index in [-0.39, 0.29) is 0 Å². The van der Waals surface area contributed by atoms with Gasteiger partial charge in [0.05, 0.1) is 19.4 Å². The van der Waals surface area contributed by atoms with Gasteiger partial charge in [0.25, 0.3) is 0 Å². The number of tetrazole rings is 1. The first-order valence-corrected chi connectivity index (χ1v) is 8.56. The topological polar surface area (TPSA) is 62.1 Å². The Kier molecular flexibility index (Phi) is 5.32. The minimum Gasteiger partial charge on any atom is -0.497 e. The smallest absolute Gasteiger partial charge is 0.214 e. The van der Waals surface area contributed by atoms with Gasteiger partial charge in [-0.3, -0.25) is 0 Å². The van der Waals surface area contributed by atoms with E-state index < -0.39 is 0 Å². The zero-order chi connectivity index (χ0) is 16.8. The molecule has 124 valence electrons. The second-order valence-corrected chi connectivity index (χ2v) is 5.84. The zero-order valence-corrected chi connectivity index (χ0v) is 14.4. The summed E-state index contributed by atoms with van der Waals surface area (Å²) in [4.78, 5) is 0. The van der Waals surface area contributed by atoms with Gasteiger partial charge in [0, 0.05) is 11.3 Å². The van der Waals surface area contributed by atoms with Crippen molar-refractivity contribution in [3.05, 3.63) is 54.1 Å². The van der Waals surface area contributed by atoms with Gasteiger partial charge in [-0.25, -0.2) is 0 Å². The number of thioether (sulfide) groups is 1. The second-order valence-electron chi connectivity index (χ2n) is 4.90. The summed E-state index contributed by atoms with van der Waals surface area (Å²) >= 11 is 1.57. The number of nitrogens with zero attached hydrogens (tertiary/aromatic N) is 4. The van der Waals surface area contributed by atoms with Crippen LogP contribution in [0.25, 0.3) is 5.69 Å². The summed E-state index contributed by atoms with van der Waals surface area (Å²) in [6, 6.07) is 15.6. The Bertz CT molecular complexity index is 789. The van der Waals surface area contributed by atoms with Crippen LogP contribution in [0.1, 0.15) is 12.5 Å². The summed E-state index contributed by atoms with van der Waals surface area (Å²) in [5.74, 6) is 2.43. The van der Waals surface area contributed by atoms with Gasteiger partial charge in [0.1, 0.15) is 11.5 Å². The van der Waals surface area contributed by atoms with Crippen LogP contribution in [0, 0.1) is 0 Å². The summed E-state index contributed by atoms with van der Waals surface area (Å²) in [5.41, 5.74) is 2.01. The maximum absolute atomic E-state index is 5.66. The molecule has 1 heterocycles. The lowest BCUT2D eigenvalue weighted by Crippen LogP contribution is -2.00. The standard InChI is InChI=1S/C17H18N4O2S/c1-3-23-16-7-5-4-6-13(16)12-24-17-18-19-20-21(17)14-8-10-15(22-2)11-9-14/h4-11H,3,12H2,1-2H3. The van der Waals surface area contributed by atoms with Crippen LogP contribution in [0.3, 0.4) is 0 Å². The Balaban J connectivity index is 1.76. The predicted molar refractivity (Wildman–Crippen MR) is 92.9 cm³/mol. The molecule has 0 aliphatic carbocycles. The normalized spacial score (nSPS) is 10.6. The minimum atomic E-state index is 0.644. The van der Waals surface area contributed by atoms with Gasteiger partial charge >= 0.3 is 0 Å².